The van der Waals surface area contributed by atoms with Gasteiger partial charge in [0.05, 0.1) is 24.4 Å². The normalized spacial score (nSPS) is 25.4. The van der Waals surface area contributed by atoms with Crippen LogP contribution in [0.5, 0.6) is 0 Å². The van der Waals surface area contributed by atoms with Gasteiger partial charge in [0.2, 0.25) is 0 Å². The van der Waals surface area contributed by atoms with Crippen molar-refractivity contribution in [3.63, 3.8) is 0 Å². The Hall–Kier alpha value is -1.10. The van der Waals surface area contributed by atoms with Crippen LogP contribution in [0.4, 0.5) is 5.82 Å². The number of ether oxygens (including phenoxy) is 1. The second-order valence-electron chi connectivity index (χ2n) is 4.36. The first kappa shape index (κ1) is 9.45. The van der Waals surface area contributed by atoms with Crippen molar-refractivity contribution in [1.82, 2.24) is 15.0 Å². The Balaban J connectivity index is 1.94. The summed E-state index contributed by atoms with van der Waals surface area (Å²) in [6.07, 6.45) is 3.93. The minimum Gasteiger partial charge on any atom is -0.381 e. The minimum atomic E-state index is 0.00334. The molecule has 0 radical (unpaired) electrons. The standard InChI is InChI=1S/C9H16N4O/c1-9(2)4-3-7(14-9)6-13-11-5-8(10)12-13/h5,7H,3-4,6H2,1-2H3,(H2,10,12). The van der Waals surface area contributed by atoms with E-state index in [-0.39, 0.29) is 11.7 Å². The maximum Gasteiger partial charge on any atom is 0.165 e. The van der Waals surface area contributed by atoms with Gasteiger partial charge >= 0.3 is 0 Å². The molecule has 0 spiro atoms. The third-order valence-corrected chi connectivity index (χ3v) is 2.48. The quantitative estimate of drug-likeness (QED) is 0.760. The fraction of sp³-hybridized carbons (Fsp3) is 0.778. The number of anilines is 1. The lowest BCUT2D eigenvalue weighted by atomic mass is 10.1. The van der Waals surface area contributed by atoms with E-state index in [4.69, 9.17) is 10.5 Å². The maximum absolute atomic E-state index is 5.82. The van der Waals surface area contributed by atoms with Crippen molar-refractivity contribution in [2.24, 2.45) is 0 Å². The lowest BCUT2D eigenvalue weighted by molar-refractivity contribution is -0.0245. The van der Waals surface area contributed by atoms with Crippen LogP contribution in [0.25, 0.3) is 0 Å². The molecule has 5 heteroatoms. The Morgan fingerprint density at radius 1 is 1.71 bits per heavy atom. The highest BCUT2D eigenvalue weighted by Gasteiger charge is 2.31. The molecule has 1 atom stereocenters. The highest BCUT2D eigenvalue weighted by atomic mass is 16.5. The predicted octanol–water partition coefficient (Wildman–Crippen LogP) is 0.818. The van der Waals surface area contributed by atoms with Crippen molar-refractivity contribution in [2.75, 3.05) is 5.73 Å². The summed E-state index contributed by atoms with van der Waals surface area (Å²) >= 11 is 0. The Bertz CT molecular complexity index is 320. The van der Waals surface area contributed by atoms with Crippen molar-refractivity contribution >= 4 is 5.82 Å². The lowest BCUT2D eigenvalue weighted by Gasteiger charge is -2.18. The molecule has 1 saturated heterocycles. The SMILES string of the molecule is CC1(C)CCC(Cn2ncc(N)n2)O1. The molecular weight excluding hydrogens is 180 g/mol. The third kappa shape index (κ3) is 2.04. The molecule has 1 aromatic heterocycles. The Kier molecular flexibility index (Phi) is 2.19. The molecule has 14 heavy (non-hydrogen) atoms. The van der Waals surface area contributed by atoms with Gasteiger partial charge in [0.1, 0.15) is 0 Å². The van der Waals surface area contributed by atoms with Crippen LogP contribution in [0.3, 0.4) is 0 Å². The van der Waals surface area contributed by atoms with E-state index in [0.717, 1.165) is 12.8 Å². The molecule has 0 aliphatic carbocycles. The topological polar surface area (TPSA) is 66.0 Å². The van der Waals surface area contributed by atoms with Crippen LogP contribution in [0.15, 0.2) is 6.20 Å². The molecule has 1 aromatic rings. The van der Waals surface area contributed by atoms with Gasteiger partial charge < -0.3 is 10.5 Å². The van der Waals surface area contributed by atoms with Crippen molar-refractivity contribution in [2.45, 2.75) is 44.9 Å². The van der Waals surface area contributed by atoms with E-state index in [1.165, 1.54) is 0 Å². The Morgan fingerprint density at radius 3 is 3.00 bits per heavy atom. The van der Waals surface area contributed by atoms with E-state index in [0.29, 0.717) is 12.4 Å². The Labute approximate surface area is 83.2 Å². The molecule has 78 valence electrons. The zero-order valence-electron chi connectivity index (χ0n) is 8.60. The van der Waals surface area contributed by atoms with E-state index in [2.05, 4.69) is 24.0 Å². The number of hydrogen-bond acceptors (Lipinski definition) is 4. The molecule has 0 aromatic carbocycles. The number of aromatic nitrogens is 3. The Morgan fingerprint density at radius 2 is 2.50 bits per heavy atom. The summed E-state index contributed by atoms with van der Waals surface area (Å²) in [7, 11) is 0. The first-order chi connectivity index (χ1) is 6.55. The van der Waals surface area contributed by atoms with E-state index >= 15 is 0 Å². The fourth-order valence-corrected chi connectivity index (χ4v) is 1.79. The second kappa shape index (κ2) is 3.24. The first-order valence-corrected chi connectivity index (χ1v) is 4.89. The highest BCUT2D eigenvalue weighted by Crippen LogP contribution is 2.29. The van der Waals surface area contributed by atoms with Crippen molar-refractivity contribution < 1.29 is 4.74 Å². The maximum atomic E-state index is 5.82. The molecule has 1 unspecified atom stereocenters. The minimum absolute atomic E-state index is 0.00334. The first-order valence-electron chi connectivity index (χ1n) is 4.89. The van der Waals surface area contributed by atoms with Gasteiger partial charge in [-0.15, -0.1) is 5.10 Å². The van der Waals surface area contributed by atoms with Gasteiger partial charge in [-0.25, -0.2) is 0 Å². The molecule has 1 fully saturated rings. The molecule has 5 nitrogen and oxygen atoms in total. The molecule has 0 bridgehead atoms. The lowest BCUT2D eigenvalue weighted by Crippen LogP contribution is -2.23. The predicted molar refractivity (Wildman–Crippen MR) is 52.6 cm³/mol. The van der Waals surface area contributed by atoms with Gasteiger partial charge in [0.15, 0.2) is 5.82 Å². The second-order valence-corrected chi connectivity index (χ2v) is 4.36. The van der Waals surface area contributed by atoms with E-state index in [1.807, 2.05) is 0 Å². The molecule has 2 heterocycles. The van der Waals surface area contributed by atoms with Crippen molar-refractivity contribution in [3.05, 3.63) is 6.20 Å². The molecule has 2 rings (SSSR count). The smallest absolute Gasteiger partial charge is 0.165 e. The molecule has 0 saturated carbocycles. The highest BCUT2D eigenvalue weighted by molar-refractivity contribution is 5.19. The summed E-state index contributed by atoms with van der Waals surface area (Å²) < 4.78 is 5.82. The number of rotatable bonds is 2. The van der Waals surface area contributed by atoms with Gasteiger partial charge in [-0.05, 0) is 26.7 Å². The van der Waals surface area contributed by atoms with Gasteiger partial charge in [-0.2, -0.15) is 9.90 Å². The van der Waals surface area contributed by atoms with Gasteiger partial charge in [0.25, 0.3) is 0 Å². The van der Waals surface area contributed by atoms with Crippen LogP contribution < -0.4 is 5.73 Å². The summed E-state index contributed by atoms with van der Waals surface area (Å²) in [5.74, 6) is 0.460. The third-order valence-electron chi connectivity index (χ3n) is 2.48. The summed E-state index contributed by atoms with van der Waals surface area (Å²) in [5.41, 5.74) is 5.47. The molecule has 2 N–H and O–H groups in total. The molecule has 1 aliphatic rings. The monoisotopic (exact) mass is 196 g/mol. The number of nitrogens with zero attached hydrogens (tertiary/aromatic N) is 3. The van der Waals surface area contributed by atoms with Gasteiger partial charge in [-0.3, -0.25) is 0 Å². The van der Waals surface area contributed by atoms with E-state index < -0.39 is 0 Å². The van der Waals surface area contributed by atoms with Crippen LogP contribution in [0.1, 0.15) is 26.7 Å². The average Bonchev–Trinajstić information content (AvgIpc) is 2.59. The number of nitrogens with two attached hydrogens (primary N) is 1. The fourth-order valence-electron chi connectivity index (χ4n) is 1.79. The summed E-state index contributed by atoms with van der Waals surface area (Å²) in [5, 5.41) is 8.05. The number of nitrogen functional groups attached to an aromatic ring is 1. The number of hydrogen-bond donors (Lipinski definition) is 1. The zero-order chi connectivity index (χ0) is 10.2. The van der Waals surface area contributed by atoms with Crippen LogP contribution >= 0.6 is 0 Å². The summed E-state index contributed by atoms with van der Waals surface area (Å²) in [6, 6.07) is 0. The molecule has 1 aliphatic heterocycles. The van der Waals surface area contributed by atoms with E-state index in [9.17, 15) is 0 Å². The summed E-state index contributed by atoms with van der Waals surface area (Å²) in [4.78, 5) is 1.60. The molecule has 0 amide bonds. The van der Waals surface area contributed by atoms with Crippen LogP contribution in [0.2, 0.25) is 0 Å². The van der Waals surface area contributed by atoms with E-state index in [1.54, 1.807) is 11.0 Å². The largest absolute Gasteiger partial charge is 0.381 e. The van der Waals surface area contributed by atoms with Crippen molar-refractivity contribution in [3.8, 4) is 0 Å². The van der Waals surface area contributed by atoms with Crippen molar-refractivity contribution in [1.29, 1.82) is 0 Å². The average molecular weight is 196 g/mol. The van der Waals surface area contributed by atoms with Crippen LogP contribution in [-0.4, -0.2) is 26.7 Å². The van der Waals surface area contributed by atoms with Crippen LogP contribution in [0, 0.1) is 0 Å². The van der Waals surface area contributed by atoms with Gasteiger partial charge in [0, 0.05) is 0 Å². The molecular formula is C9H16N4O. The van der Waals surface area contributed by atoms with Crippen LogP contribution in [-0.2, 0) is 11.3 Å². The zero-order valence-corrected chi connectivity index (χ0v) is 8.60. The summed E-state index contributed by atoms with van der Waals surface area (Å²) in [6.45, 7) is 4.91. The van der Waals surface area contributed by atoms with Gasteiger partial charge in [-0.1, -0.05) is 0 Å².